The molecule has 0 saturated heterocycles. The quantitative estimate of drug-likeness (QED) is 0.164. The van der Waals surface area contributed by atoms with Crippen LogP contribution in [0.3, 0.4) is 0 Å². The number of aromatic nitrogens is 5. The monoisotopic (exact) mass is 1000 g/mol. The van der Waals surface area contributed by atoms with Crippen molar-refractivity contribution >= 4 is 109 Å². The van der Waals surface area contributed by atoms with Crippen molar-refractivity contribution in [1.29, 1.82) is 5.26 Å². The number of rotatable bonds is 6. The van der Waals surface area contributed by atoms with Gasteiger partial charge in [-0.3, -0.25) is 0 Å². The van der Waals surface area contributed by atoms with Crippen LogP contribution in [0.4, 0.5) is 0 Å². The van der Waals surface area contributed by atoms with Crippen molar-refractivity contribution in [2.75, 3.05) is 0 Å². The Hall–Kier alpha value is -10.9. The van der Waals surface area contributed by atoms with E-state index < -0.39 is 0 Å². The van der Waals surface area contributed by atoms with E-state index in [0.717, 1.165) is 132 Å². The summed E-state index contributed by atoms with van der Waals surface area (Å²) in [6, 6.07) is 99.0. The number of nitriles is 1. The van der Waals surface area contributed by atoms with Gasteiger partial charge in [0.1, 0.15) is 11.6 Å². The Kier molecular flexibility index (Phi) is 9.10. The van der Waals surface area contributed by atoms with E-state index in [-0.39, 0.29) is 0 Å². The van der Waals surface area contributed by atoms with Crippen LogP contribution in [-0.4, -0.2) is 22.8 Å². The summed E-state index contributed by atoms with van der Waals surface area (Å²) in [5, 5.41) is 23.7. The van der Waals surface area contributed by atoms with Gasteiger partial charge in [-0.2, -0.15) is 5.26 Å². The molecule has 0 unspecified atom stereocenters. The summed E-state index contributed by atoms with van der Waals surface area (Å²) in [4.78, 5) is 0. The predicted molar refractivity (Wildman–Crippen MR) is 328 cm³/mol. The van der Waals surface area contributed by atoms with Gasteiger partial charge in [0.2, 0.25) is 0 Å². The zero-order valence-electron chi connectivity index (χ0n) is 42.6. The second-order valence-electron chi connectivity index (χ2n) is 20.7. The first-order valence-corrected chi connectivity index (χ1v) is 26.9. The molecule has 0 aliphatic carbocycles. The van der Waals surface area contributed by atoms with E-state index >= 15 is 0 Å². The van der Waals surface area contributed by atoms with Crippen molar-refractivity contribution in [1.82, 2.24) is 22.8 Å². The van der Waals surface area contributed by atoms with E-state index in [9.17, 15) is 5.26 Å². The van der Waals surface area contributed by atoms with Gasteiger partial charge in [0, 0.05) is 70.9 Å². The van der Waals surface area contributed by atoms with Crippen LogP contribution in [0.1, 0.15) is 5.56 Å². The molecule has 6 nitrogen and oxygen atoms in total. The molecule has 0 spiro atoms. The number of nitrogens with zero attached hydrogens (tertiary/aromatic N) is 6. The van der Waals surface area contributed by atoms with E-state index in [1.165, 1.54) is 16.2 Å². The highest BCUT2D eigenvalue weighted by molar-refractivity contribution is 6.40. The topological polar surface area (TPSA) is 48.4 Å². The third-order valence-electron chi connectivity index (χ3n) is 16.6. The van der Waals surface area contributed by atoms with Crippen molar-refractivity contribution in [3.8, 4) is 45.6 Å². The Labute approximate surface area is 452 Å². The molecular weight excluding hydrogens is 961 g/mol. The Balaban J connectivity index is 1.09. The van der Waals surface area contributed by atoms with E-state index in [2.05, 4.69) is 296 Å². The summed E-state index contributed by atoms with van der Waals surface area (Å²) in [6.07, 6.45) is 0. The lowest BCUT2D eigenvalue weighted by molar-refractivity contribution is 1.12. The zero-order valence-corrected chi connectivity index (χ0v) is 42.6. The molecule has 5 aromatic heterocycles. The maximum Gasteiger partial charge on any atom is 0.104 e. The van der Waals surface area contributed by atoms with Gasteiger partial charge in [0.05, 0.1) is 66.5 Å². The van der Waals surface area contributed by atoms with E-state index in [1.807, 2.05) is 0 Å². The molecule has 79 heavy (non-hydrogen) atoms. The molecule has 0 saturated carbocycles. The van der Waals surface area contributed by atoms with Gasteiger partial charge >= 0.3 is 0 Å². The van der Waals surface area contributed by atoms with Crippen LogP contribution in [0.2, 0.25) is 0 Å². The van der Waals surface area contributed by atoms with Crippen LogP contribution >= 0.6 is 0 Å². The van der Waals surface area contributed by atoms with Crippen LogP contribution in [0, 0.1) is 11.3 Å². The molecule has 0 radical (unpaired) electrons. The largest absolute Gasteiger partial charge is 0.309 e. The van der Waals surface area contributed by atoms with E-state index in [4.69, 9.17) is 0 Å². The second kappa shape index (κ2) is 16.6. The van der Waals surface area contributed by atoms with Crippen molar-refractivity contribution in [3.05, 3.63) is 272 Å². The van der Waals surface area contributed by atoms with E-state index in [0.29, 0.717) is 5.56 Å². The minimum Gasteiger partial charge on any atom is -0.309 e. The smallest absolute Gasteiger partial charge is 0.104 e. The minimum atomic E-state index is 0.570. The molecule has 17 aromatic rings. The summed E-state index contributed by atoms with van der Waals surface area (Å²) in [5.41, 5.74) is 18.3. The molecule has 0 amide bonds. The highest BCUT2D eigenvalue weighted by Crippen LogP contribution is 2.51. The van der Waals surface area contributed by atoms with E-state index in [1.54, 1.807) is 0 Å². The van der Waals surface area contributed by atoms with Gasteiger partial charge in [-0.15, -0.1) is 0 Å². The van der Waals surface area contributed by atoms with Gasteiger partial charge in [-0.1, -0.05) is 176 Å². The predicted octanol–water partition coefficient (Wildman–Crippen LogP) is 18.7. The fourth-order valence-electron chi connectivity index (χ4n) is 13.5. The molecule has 0 atom stereocenters. The summed E-state index contributed by atoms with van der Waals surface area (Å²) in [6.45, 7) is 0. The highest BCUT2D eigenvalue weighted by atomic mass is 15.1. The average Bonchev–Trinajstić information content (AvgIpc) is 2.78. The van der Waals surface area contributed by atoms with Gasteiger partial charge in [-0.05, 0) is 102 Å². The number of hydrogen-bond acceptors (Lipinski definition) is 1. The highest BCUT2D eigenvalue weighted by Gasteiger charge is 2.31. The van der Waals surface area contributed by atoms with Gasteiger partial charge < -0.3 is 22.8 Å². The summed E-state index contributed by atoms with van der Waals surface area (Å²) < 4.78 is 12.1. The molecule has 6 heteroatoms. The maximum absolute atomic E-state index is 12.3. The molecule has 366 valence electrons. The second-order valence-corrected chi connectivity index (χ2v) is 20.7. The first-order valence-electron chi connectivity index (χ1n) is 26.9. The molecule has 0 aliphatic rings. The molecule has 12 aromatic carbocycles. The number of para-hydroxylation sites is 8. The van der Waals surface area contributed by atoms with Crippen molar-refractivity contribution in [3.63, 3.8) is 0 Å². The van der Waals surface area contributed by atoms with Crippen LogP contribution in [0.5, 0.6) is 0 Å². The van der Waals surface area contributed by atoms with Crippen LogP contribution < -0.4 is 0 Å². The molecule has 0 aliphatic heterocycles. The summed E-state index contributed by atoms with van der Waals surface area (Å²) in [5.74, 6) is 0. The third kappa shape index (κ3) is 5.98. The number of hydrogen-bond donors (Lipinski definition) is 0. The maximum atomic E-state index is 12.3. The summed E-state index contributed by atoms with van der Waals surface area (Å²) >= 11 is 0. The van der Waals surface area contributed by atoms with Crippen molar-refractivity contribution in [2.24, 2.45) is 0 Å². The fraction of sp³-hybridized carbons (Fsp3) is 0. The first-order chi connectivity index (χ1) is 39.2. The lowest BCUT2D eigenvalue weighted by Gasteiger charge is -2.19. The van der Waals surface area contributed by atoms with Gasteiger partial charge in [0.25, 0.3) is 0 Å². The Morgan fingerprint density at radius 2 is 0.557 bits per heavy atom. The van der Waals surface area contributed by atoms with Crippen molar-refractivity contribution < 1.29 is 0 Å². The Morgan fingerprint density at radius 3 is 1.00 bits per heavy atom. The van der Waals surface area contributed by atoms with Crippen LogP contribution in [0.15, 0.2) is 267 Å². The Morgan fingerprint density at radius 1 is 0.241 bits per heavy atom. The van der Waals surface area contributed by atoms with Crippen LogP contribution in [0.25, 0.3) is 149 Å². The average molecular weight is 1010 g/mol. The molecule has 17 rings (SSSR count). The van der Waals surface area contributed by atoms with Crippen molar-refractivity contribution in [2.45, 2.75) is 0 Å². The third-order valence-corrected chi connectivity index (χ3v) is 16.6. The normalized spacial score (nSPS) is 12.0. The lowest BCUT2D eigenvalue weighted by Crippen LogP contribution is -2.05. The van der Waals surface area contributed by atoms with Gasteiger partial charge in [-0.25, -0.2) is 0 Å². The van der Waals surface area contributed by atoms with Gasteiger partial charge in [0.15, 0.2) is 0 Å². The molecular formula is C73H44N6. The fourth-order valence-corrected chi connectivity index (χ4v) is 13.5. The zero-order chi connectivity index (χ0) is 51.9. The molecule has 0 N–H and O–H groups in total. The molecule has 0 fully saturated rings. The first kappa shape index (κ1) is 43.4. The lowest BCUT2D eigenvalue weighted by atomic mass is 9.99. The SMILES string of the molecule is N#Cc1c(-n2c3ccccc3c3cc4c(cc32)c2ccccc2n4-c2ccccc2)cc(-c2ccccc2)cc1-n1c2ccccc2c2c3c(c4ccccc4n3-c3ccccc3)c3c(c4ccccc4n3-c3ccccc3)c21. The summed E-state index contributed by atoms with van der Waals surface area (Å²) in [7, 11) is 0. The molecule has 0 bridgehead atoms. The minimum absolute atomic E-state index is 0.570. The Bertz CT molecular complexity index is 5340. The number of fused-ring (bicyclic) bond motifs is 18. The van der Waals surface area contributed by atoms with Crippen LogP contribution in [-0.2, 0) is 0 Å². The standard InChI is InChI=1S/C73H44N6/c74-45-58-64(78-60-37-19-14-32-52(60)57-43-66-56(44-67(57)78)51-31-13-18-36-59(51)75(66)48-25-7-2-8-26-48)41-47(46-23-5-1-6-24-46)42-65(58)79-63-40-22-17-35-55(63)70-72-68(53-33-15-20-38-61(53)76(72)49-27-9-3-10-28-49)71-69(73(70)79)54-34-16-21-39-62(54)77(71)50-29-11-4-12-30-50/h1-44H. The molecule has 5 heterocycles. The number of benzene rings is 12.